The van der Waals surface area contributed by atoms with E-state index in [4.69, 9.17) is 16.2 Å². The van der Waals surface area contributed by atoms with Crippen molar-refractivity contribution < 1.29 is 9.53 Å². The molecule has 0 bridgehead atoms. The monoisotopic (exact) mass is 264 g/mol. The lowest BCUT2D eigenvalue weighted by molar-refractivity contribution is -0.125. The van der Waals surface area contributed by atoms with Gasteiger partial charge in [-0.25, -0.2) is 0 Å². The SMILES string of the molecule is CC(C)CCCOCC(N)(C(N)=O)c1ccccc1. The molecule has 0 radical (unpaired) electrons. The Kier molecular flexibility index (Phi) is 5.99. The number of carbonyl (C=O) groups is 1. The van der Waals surface area contributed by atoms with Gasteiger partial charge in [-0.3, -0.25) is 4.79 Å². The van der Waals surface area contributed by atoms with Crippen molar-refractivity contribution in [2.45, 2.75) is 32.2 Å². The zero-order chi connectivity index (χ0) is 14.3. The molecule has 1 rings (SSSR count). The van der Waals surface area contributed by atoms with Gasteiger partial charge in [-0.2, -0.15) is 0 Å². The fourth-order valence-electron chi connectivity index (χ4n) is 1.86. The summed E-state index contributed by atoms with van der Waals surface area (Å²) in [6.07, 6.45) is 2.06. The third kappa shape index (κ3) is 4.65. The first-order valence-corrected chi connectivity index (χ1v) is 6.69. The molecule has 1 aromatic rings. The summed E-state index contributed by atoms with van der Waals surface area (Å²) in [5.74, 6) is 0.0825. The Morgan fingerprint density at radius 1 is 1.32 bits per heavy atom. The van der Waals surface area contributed by atoms with Crippen molar-refractivity contribution in [3.8, 4) is 0 Å². The highest BCUT2D eigenvalue weighted by Gasteiger charge is 2.34. The molecule has 0 spiro atoms. The summed E-state index contributed by atoms with van der Waals surface area (Å²) in [5, 5.41) is 0. The third-order valence-electron chi connectivity index (χ3n) is 3.13. The van der Waals surface area contributed by atoms with Gasteiger partial charge in [0.2, 0.25) is 5.91 Å². The van der Waals surface area contributed by atoms with Crippen molar-refractivity contribution in [2.75, 3.05) is 13.2 Å². The minimum Gasteiger partial charge on any atom is -0.379 e. The summed E-state index contributed by atoms with van der Waals surface area (Å²) < 4.78 is 5.54. The van der Waals surface area contributed by atoms with E-state index in [1.165, 1.54) is 0 Å². The van der Waals surface area contributed by atoms with Crippen molar-refractivity contribution in [2.24, 2.45) is 17.4 Å². The van der Waals surface area contributed by atoms with Crippen LogP contribution in [0.5, 0.6) is 0 Å². The van der Waals surface area contributed by atoms with Crippen LogP contribution in [0.3, 0.4) is 0 Å². The Labute approximate surface area is 115 Å². The first-order chi connectivity index (χ1) is 8.97. The van der Waals surface area contributed by atoms with Crippen LogP contribution in [0.25, 0.3) is 0 Å². The molecule has 1 unspecified atom stereocenters. The number of ether oxygens (including phenoxy) is 1. The molecule has 1 aromatic carbocycles. The summed E-state index contributed by atoms with van der Waals surface area (Å²) in [5.41, 5.74) is 11.0. The largest absolute Gasteiger partial charge is 0.379 e. The highest BCUT2D eigenvalue weighted by Crippen LogP contribution is 2.18. The molecule has 0 aliphatic heterocycles. The smallest absolute Gasteiger partial charge is 0.244 e. The molecule has 4 heteroatoms. The van der Waals surface area contributed by atoms with E-state index in [-0.39, 0.29) is 6.61 Å². The van der Waals surface area contributed by atoms with E-state index in [2.05, 4.69) is 13.8 Å². The zero-order valence-corrected chi connectivity index (χ0v) is 11.8. The summed E-state index contributed by atoms with van der Waals surface area (Å²) in [6, 6.07) is 9.12. The molecule has 1 atom stereocenters. The molecule has 0 aliphatic rings. The second kappa shape index (κ2) is 7.26. The van der Waals surface area contributed by atoms with Crippen molar-refractivity contribution in [1.29, 1.82) is 0 Å². The molecule has 0 fully saturated rings. The van der Waals surface area contributed by atoms with Crippen molar-refractivity contribution in [3.05, 3.63) is 35.9 Å². The second-order valence-electron chi connectivity index (χ2n) is 5.29. The van der Waals surface area contributed by atoms with E-state index < -0.39 is 11.4 Å². The quantitative estimate of drug-likeness (QED) is 0.702. The predicted molar refractivity (Wildman–Crippen MR) is 76.4 cm³/mol. The molecule has 0 heterocycles. The number of carbonyl (C=O) groups excluding carboxylic acids is 1. The van der Waals surface area contributed by atoms with E-state index >= 15 is 0 Å². The zero-order valence-electron chi connectivity index (χ0n) is 11.8. The van der Waals surface area contributed by atoms with Gasteiger partial charge in [0.25, 0.3) is 0 Å². The maximum Gasteiger partial charge on any atom is 0.244 e. The fraction of sp³-hybridized carbons (Fsp3) is 0.533. The minimum atomic E-state index is -1.25. The molecule has 0 aromatic heterocycles. The van der Waals surface area contributed by atoms with Crippen LogP contribution in [0.4, 0.5) is 0 Å². The van der Waals surface area contributed by atoms with Crippen molar-refractivity contribution in [1.82, 2.24) is 0 Å². The van der Waals surface area contributed by atoms with Crippen LogP contribution in [-0.4, -0.2) is 19.1 Å². The molecule has 1 amide bonds. The van der Waals surface area contributed by atoms with Crippen LogP contribution in [0.2, 0.25) is 0 Å². The van der Waals surface area contributed by atoms with E-state index in [0.29, 0.717) is 18.1 Å². The normalized spacial score (nSPS) is 14.3. The van der Waals surface area contributed by atoms with E-state index in [0.717, 1.165) is 12.8 Å². The minimum absolute atomic E-state index is 0.116. The number of benzene rings is 1. The Morgan fingerprint density at radius 2 is 1.95 bits per heavy atom. The fourth-order valence-corrected chi connectivity index (χ4v) is 1.86. The van der Waals surface area contributed by atoms with Gasteiger partial charge in [-0.05, 0) is 24.3 Å². The van der Waals surface area contributed by atoms with Gasteiger partial charge < -0.3 is 16.2 Å². The lowest BCUT2D eigenvalue weighted by atomic mass is 9.91. The molecule has 106 valence electrons. The van der Waals surface area contributed by atoms with Gasteiger partial charge in [0, 0.05) is 6.61 Å². The molecule has 0 saturated heterocycles. The van der Waals surface area contributed by atoms with Crippen LogP contribution < -0.4 is 11.5 Å². The Bertz CT molecular complexity index is 392. The lowest BCUT2D eigenvalue weighted by Gasteiger charge is -2.26. The van der Waals surface area contributed by atoms with E-state index in [1.807, 2.05) is 18.2 Å². The standard InChI is InChI=1S/C15H24N2O2/c1-12(2)7-6-10-19-11-15(17,14(16)18)13-8-4-3-5-9-13/h3-5,8-9,12H,6-7,10-11,17H2,1-2H3,(H2,16,18). The van der Waals surface area contributed by atoms with E-state index in [1.54, 1.807) is 12.1 Å². The number of amides is 1. The number of hydrogen-bond donors (Lipinski definition) is 2. The first kappa shape index (κ1) is 15.7. The maximum absolute atomic E-state index is 11.6. The molecular weight excluding hydrogens is 240 g/mol. The van der Waals surface area contributed by atoms with Gasteiger partial charge in [0.1, 0.15) is 5.54 Å². The maximum atomic E-state index is 11.6. The number of primary amides is 1. The average molecular weight is 264 g/mol. The first-order valence-electron chi connectivity index (χ1n) is 6.69. The number of rotatable bonds is 8. The van der Waals surface area contributed by atoms with Gasteiger partial charge in [-0.1, -0.05) is 44.2 Å². The van der Waals surface area contributed by atoms with Gasteiger partial charge in [0.05, 0.1) is 6.61 Å². The topological polar surface area (TPSA) is 78.3 Å². The van der Waals surface area contributed by atoms with Crippen LogP contribution in [-0.2, 0) is 15.1 Å². The van der Waals surface area contributed by atoms with Crippen LogP contribution in [0.15, 0.2) is 30.3 Å². The highest BCUT2D eigenvalue weighted by molar-refractivity contribution is 5.86. The van der Waals surface area contributed by atoms with Gasteiger partial charge in [-0.15, -0.1) is 0 Å². The van der Waals surface area contributed by atoms with Crippen LogP contribution in [0.1, 0.15) is 32.3 Å². The molecule has 0 aliphatic carbocycles. The number of nitrogens with two attached hydrogens (primary N) is 2. The Morgan fingerprint density at radius 3 is 2.47 bits per heavy atom. The number of hydrogen-bond acceptors (Lipinski definition) is 3. The molecule has 19 heavy (non-hydrogen) atoms. The summed E-state index contributed by atoms with van der Waals surface area (Å²) in [6.45, 7) is 5.04. The molecule has 4 N–H and O–H groups in total. The van der Waals surface area contributed by atoms with Gasteiger partial charge in [0.15, 0.2) is 0 Å². The van der Waals surface area contributed by atoms with Gasteiger partial charge >= 0.3 is 0 Å². The highest BCUT2D eigenvalue weighted by atomic mass is 16.5. The summed E-state index contributed by atoms with van der Waals surface area (Å²) in [7, 11) is 0. The molecule has 0 saturated carbocycles. The average Bonchev–Trinajstić information content (AvgIpc) is 2.38. The molecular formula is C15H24N2O2. The van der Waals surface area contributed by atoms with Crippen LogP contribution in [0, 0.1) is 5.92 Å². The molecule has 4 nitrogen and oxygen atoms in total. The lowest BCUT2D eigenvalue weighted by Crippen LogP contribution is -2.52. The van der Waals surface area contributed by atoms with Crippen molar-refractivity contribution >= 4 is 5.91 Å². The Balaban J connectivity index is 2.56. The second-order valence-corrected chi connectivity index (χ2v) is 5.29. The third-order valence-corrected chi connectivity index (χ3v) is 3.13. The van der Waals surface area contributed by atoms with Crippen molar-refractivity contribution in [3.63, 3.8) is 0 Å². The summed E-state index contributed by atoms with van der Waals surface area (Å²) in [4.78, 5) is 11.6. The van der Waals surface area contributed by atoms with Crippen LogP contribution >= 0.6 is 0 Å². The predicted octanol–water partition coefficient (Wildman–Crippen LogP) is 1.78. The summed E-state index contributed by atoms with van der Waals surface area (Å²) >= 11 is 0. The Hall–Kier alpha value is -1.39. The van der Waals surface area contributed by atoms with E-state index in [9.17, 15) is 4.79 Å².